The number of benzene rings is 1. The Hall–Kier alpha value is -1.31. The maximum atomic E-state index is 13.9. The van der Waals surface area contributed by atoms with E-state index in [2.05, 4.69) is 5.32 Å². The molecule has 1 atom stereocenters. The molecule has 0 bridgehead atoms. The van der Waals surface area contributed by atoms with Crippen molar-refractivity contribution in [3.8, 4) is 0 Å². The molecule has 0 saturated carbocycles. The number of hydrogen-bond acceptors (Lipinski definition) is 4. The largest absolute Gasteiger partial charge is 0.339 e. The van der Waals surface area contributed by atoms with E-state index in [0.717, 1.165) is 24.1 Å². The number of thioether (sulfide) groups is 1. The quantitative estimate of drug-likeness (QED) is 0.862. The third-order valence-electron chi connectivity index (χ3n) is 4.50. The number of rotatable bonds is 3. The molecular weight excluding hydrogens is 365 g/mol. The Morgan fingerprint density at radius 1 is 1.24 bits per heavy atom. The molecule has 1 unspecified atom stereocenters. The Labute approximate surface area is 155 Å². The van der Waals surface area contributed by atoms with Crippen LogP contribution >= 0.6 is 23.4 Å². The molecule has 0 spiro atoms. The highest BCUT2D eigenvalue weighted by Crippen LogP contribution is 2.18. The fourth-order valence-electron chi connectivity index (χ4n) is 3.08. The molecule has 2 heterocycles. The van der Waals surface area contributed by atoms with Crippen LogP contribution in [0, 0.1) is 5.82 Å². The van der Waals surface area contributed by atoms with Crippen LogP contribution in [0.2, 0.25) is 5.02 Å². The van der Waals surface area contributed by atoms with Crippen LogP contribution in [0.4, 0.5) is 4.39 Å². The van der Waals surface area contributed by atoms with Crippen molar-refractivity contribution in [3.05, 3.63) is 34.6 Å². The van der Waals surface area contributed by atoms with Crippen molar-refractivity contribution in [1.29, 1.82) is 0 Å². The summed E-state index contributed by atoms with van der Waals surface area (Å²) in [6, 6.07) is 4.29. The van der Waals surface area contributed by atoms with Crippen molar-refractivity contribution in [2.24, 2.45) is 0 Å². The van der Waals surface area contributed by atoms with E-state index >= 15 is 0 Å². The van der Waals surface area contributed by atoms with Gasteiger partial charge in [0, 0.05) is 61.7 Å². The van der Waals surface area contributed by atoms with Crippen LogP contribution in [0.5, 0.6) is 0 Å². The highest BCUT2D eigenvalue weighted by atomic mass is 35.5. The second-order valence-corrected chi connectivity index (χ2v) is 7.81. The molecule has 3 rings (SSSR count). The van der Waals surface area contributed by atoms with Gasteiger partial charge in [0.05, 0.1) is 5.56 Å². The lowest BCUT2D eigenvalue weighted by molar-refractivity contribution is -0.133. The zero-order valence-electron chi connectivity index (χ0n) is 13.8. The van der Waals surface area contributed by atoms with Crippen LogP contribution in [-0.4, -0.2) is 71.9 Å². The van der Waals surface area contributed by atoms with Crippen molar-refractivity contribution in [3.63, 3.8) is 0 Å². The van der Waals surface area contributed by atoms with Crippen LogP contribution in [-0.2, 0) is 4.79 Å². The average Bonchev–Trinajstić information content (AvgIpc) is 2.62. The summed E-state index contributed by atoms with van der Waals surface area (Å²) < 4.78 is 13.9. The van der Waals surface area contributed by atoms with Gasteiger partial charge >= 0.3 is 0 Å². The van der Waals surface area contributed by atoms with Gasteiger partial charge in [0.15, 0.2) is 0 Å². The summed E-state index contributed by atoms with van der Waals surface area (Å²) in [4.78, 5) is 28.2. The normalized spacial score (nSPS) is 21.3. The molecular formula is C17H21ClFN3O2S. The van der Waals surface area contributed by atoms with Crippen molar-refractivity contribution < 1.29 is 14.0 Å². The number of halogens is 2. The first-order valence-electron chi connectivity index (χ1n) is 8.38. The summed E-state index contributed by atoms with van der Waals surface area (Å²) in [5, 5.41) is 3.63. The number of nitrogens with one attached hydrogen (secondary N) is 1. The van der Waals surface area contributed by atoms with Gasteiger partial charge in [0.25, 0.3) is 5.91 Å². The van der Waals surface area contributed by atoms with E-state index < -0.39 is 5.82 Å². The maximum absolute atomic E-state index is 13.9. The van der Waals surface area contributed by atoms with E-state index in [1.54, 1.807) is 9.80 Å². The minimum Gasteiger partial charge on any atom is -0.339 e. The molecule has 2 aliphatic heterocycles. The highest BCUT2D eigenvalue weighted by molar-refractivity contribution is 7.99. The molecule has 136 valence electrons. The first-order valence-corrected chi connectivity index (χ1v) is 9.91. The van der Waals surface area contributed by atoms with Crippen LogP contribution in [0.15, 0.2) is 18.2 Å². The van der Waals surface area contributed by atoms with Gasteiger partial charge in [-0.05, 0) is 18.2 Å². The summed E-state index contributed by atoms with van der Waals surface area (Å²) in [6.45, 7) is 2.75. The van der Waals surface area contributed by atoms with Gasteiger partial charge in [-0.25, -0.2) is 4.39 Å². The Kier molecular flexibility index (Phi) is 6.19. The molecule has 0 aromatic heterocycles. The summed E-state index contributed by atoms with van der Waals surface area (Å²) in [5.74, 6) is 1.19. The predicted molar refractivity (Wildman–Crippen MR) is 97.6 cm³/mol. The zero-order valence-corrected chi connectivity index (χ0v) is 15.4. The van der Waals surface area contributed by atoms with Gasteiger partial charge in [-0.2, -0.15) is 11.8 Å². The van der Waals surface area contributed by atoms with Crippen LogP contribution in [0.3, 0.4) is 0 Å². The minimum atomic E-state index is -0.614. The second-order valence-electron chi connectivity index (χ2n) is 6.23. The number of carbonyl (C=O) groups excluding carboxylic acids is 2. The van der Waals surface area contributed by atoms with E-state index in [9.17, 15) is 14.0 Å². The minimum absolute atomic E-state index is 0.0209. The number of nitrogens with zero attached hydrogens (tertiary/aromatic N) is 2. The number of carbonyl (C=O) groups is 2. The number of amides is 2. The van der Waals surface area contributed by atoms with E-state index in [1.165, 1.54) is 12.1 Å². The van der Waals surface area contributed by atoms with Gasteiger partial charge in [0.1, 0.15) is 5.82 Å². The topological polar surface area (TPSA) is 52.7 Å². The SMILES string of the molecule is O=C(CC1CSCCN1)N1CCN(C(=O)c2ccc(Cl)cc2F)CC1. The van der Waals surface area contributed by atoms with Crippen LogP contribution in [0.25, 0.3) is 0 Å². The van der Waals surface area contributed by atoms with Crippen molar-refractivity contribution in [2.45, 2.75) is 12.5 Å². The lowest BCUT2D eigenvalue weighted by atomic mass is 10.1. The van der Waals surface area contributed by atoms with Crippen molar-refractivity contribution >= 4 is 35.2 Å². The first-order chi connectivity index (χ1) is 12.0. The second kappa shape index (κ2) is 8.38. The van der Waals surface area contributed by atoms with Crippen LogP contribution in [0.1, 0.15) is 16.8 Å². The predicted octanol–water partition coefficient (Wildman–Crippen LogP) is 1.86. The third-order valence-corrected chi connectivity index (χ3v) is 5.87. The van der Waals surface area contributed by atoms with E-state index in [-0.39, 0.29) is 28.4 Å². The van der Waals surface area contributed by atoms with Gasteiger partial charge in [-0.1, -0.05) is 11.6 Å². The standard InChI is InChI=1S/C17H21ClFN3O2S/c18-12-1-2-14(15(19)9-12)17(24)22-6-4-21(5-7-22)16(23)10-13-11-25-8-3-20-13/h1-2,9,13,20H,3-8,10-11H2. The molecule has 8 heteroatoms. The average molecular weight is 386 g/mol. The fraction of sp³-hybridized carbons (Fsp3) is 0.529. The number of piperazine rings is 1. The zero-order chi connectivity index (χ0) is 17.8. The summed E-state index contributed by atoms with van der Waals surface area (Å²) in [5.41, 5.74) is 0.0209. The van der Waals surface area contributed by atoms with E-state index in [4.69, 9.17) is 11.6 Å². The van der Waals surface area contributed by atoms with Gasteiger partial charge in [-0.3, -0.25) is 9.59 Å². The molecule has 5 nitrogen and oxygen atoms in total. The third kappa shape index (κ3) is 4.65. The Balaban J connectivity index is 1.52. The van der Waals surface area contributed by atoms with Gasteiger partial charge in [0.2, 0.25) is 5.91 Å². The molecule has 1 N–H and O–H groups in total. The summed E-state index contributed by atoms with van der Waals surface area (Å²) in [7, 11) is 0. The van der Waals surface area contributed by atoms with E-state index in [0.29, 0.717) is 32.6 Å². The Morgan fingerprint density at radius 2 is 1.96 bits per heavy atom. The molecule has 2 aliphatic rings. The van der Waals surface area contributed by atoms with Gasteiger partial charge in [-0.15, -0.1) is 0 Å². The molecule has 2 amide bonds. The monoisotopic (exact) mass is 385 g/mol. The Bertz CT molecular complexity index is 647. The smallest absolute Gasteiger partial charge is 0.256 e. The molecule has 0 aliphatic carbocycles. The fourth-order valence-corrected chi connectivity index (χ4v) is 4.19. The van der Waals surface area contributed by atoms with E-state index in [1.807, 2.05) is 11.8 Å². The maximum Gasteiger partial charge on any atom is 0.256 e. The Morgan fingerprint density at radius 3 is 2.60 bits per heavy atom. The summed E-state index contributed by atoms with van der Waals surface area (Å²) in [6.07, 6.45) is 0.493. The first kappa shape index (κ1) is 18.5. The molecule has 1 aromatic carbocycles. The highest BCUT2D eigenvalue weighted by Gasteiger charge is 2.27. The molecule has 1 aromatic rings. The number of hydrogen-bond donors (Lipinski definition) is 1. The molecule has 0 radical (unpaired) electrons. The molecule has 2 saturated heterocycles. The lowest BCUT2D eigenvalue weighted by Gasteiger charge is -2.36. The summed E-state index contributed by atoms with van der Waals surface area (Å²) >= 11 is 7.59. The molecule has 2 fully saturated rings. The van der Waals surface area contributed by atoms with Gasteiger partial charge < -0.3 is 15.1 Å². The van der Waals surface area contributed by atoms with Crippen molar-refractivity contribution in [2.75, 3.05) is 44.2 Å². The van der Waals surface area contributed by atoms with Crippen molar-refractivity contribution in [1.82, 2.24) is 15.1 Å². The van der Waals surface area contributed by atoms with Crippen LogP contribution < -0.4 is 5.32 Å². The lowest BCUT2D eigenvalue weighted by Crippen LogP contribution is -2.52. The molecule has 25 heavy (non-hydrogen) atoms.